The number of esters is 2. The minimum absolute atomic E-state index is 0.0393. The zero-order valence-corrected chi connectivity index (χ0v) is 35.6. The van der Waals surface area contributed by atoms with Gasteiger partial charge in [-0.05, 0) is 51.9 Å². The number of nitrogens with zero attached hydrogens (tertiary/aromatic N) is 2. The van der Waals surface area contributed by atoms with Crippen LogP contribution in [0.5, 0.6) is 5.75 Å². The van der Waals surface area contributed by atoms with Gasteiger partial charge in [0.25, 0.3) is 0 Å². The van der Waals surface area contributed by atoms with Crippen molar-refractivity contribution >= 4 is 35.5 Å². The highest BCUT2D eigenvalue weighted by atomic mass is 16.6. The second-order valence-electron chi connectivity index (χ2n) is 16.4. The van der Waals surface area contributed by atoms with Gasteiger partial charge in [0.1, 0.15) is 36.0 Å². The molecule has 2 saturated heterocycles. The number of urea groups is 1. The Hall–Kier alpha value is -6.87. The third-order valence-corrected chi connectivity index (χ3v) is 12.4. The fourth-order valence-corrected chi connectivity index (χ4v) is 9.72. The van der Waals surface area contributed by atoms with Gasteiger partial charge in [-0.1, -0.05) is 135 Å². The van der Waals surface area contributed by atoms with Crippen molar-refractivity contribution in [2.24, 2.45) is 11.8 Å². The molecule has 3 heterocycles. The number of hydrogen-bond donors (Lipinski definition) is 4. The highest BCUT2D eigenvalue weighted by Gasteiger charge is 2.75. The summed E-state index contributed by atoms with van der Waals surface area (Å²) in [7, 11) is 1.20. The lowest BCUT2D eigenvalue weighted by atomic mass is 9.65. The Kier molecular flexibility index (Phi) is 12.6. The Morgan fingerprint density at radius 3 is 2.08 bits per heavy atom. The minimum Gasteiger partial charge on any atom is -0.491 e. The highest BCUT2D eigenvalue weighted by Crippen LogP contribution is 2.66. The Bertz CT molecular complexity index is 2510. The van der Waals surface area contributed by atoms with Gasteiger partial charge in [0, 0.05) is 6.54 Å². The lowest BCUT2D eigenvalue weighted by Crippen LogP contribution is -2.58. The molecule has 0 unspecified atom stereocenters. The van der Waals surface area contributed by atoms with E-state index in [1.807, 2.05) is 65.6 Å². The number of imide groups is 1. The first kappa shape index (κ1) is 43.8. The number of rotatable bonds is 13. The highest BCUT2D eigenvalue weighted by molar-refractivity contribution is 6.25. The lowest BCUT2D eigenvalue weighted by Gasteiger charge is -2.46. The van der Waals surface area contributed by atoms with Crippen LogP contribution in [0.3, 0.4) is 0 Å². The molecule has 0 saturated carbocycles. The molecule has 4 amide bonds. The maximum Gasteiger partial charge on any atom is 0.329 e. The molecular weight excluding hydrogens is 817 g/mol. The number of methoxy groups -OCH3 is 1. The van der Waals surface area contributed by atoms with Crippen LogP contribution in [0.25, 0.3) is 0 Å². The number of benzene rings is 5. The van der Waals surface area contributed by atoms with Gasteiger partial charge in [0.2, 0.25) is 11.8 Å². The van der Waals surface area contributed by atoms with Crippen LogP contribution in [-0.2, 0) is 34.1 Å². The van der Waals surface area contributed by atoms with Crippen LogP contribution < -0.4 is 20.3 Å². The molecule has 1 spiro atoms. The molecular formula is C50H50N4O10. The minimum atomic E-state index is -2.06. The number of hydrogen-bond acceptors (Lipinski definition) is 11. The predicted molar refractivity (Wildman–Crippen MR) is 235 cm³/mol. The van der Waals surface area contributed by atoms with Gasteiger partial charge in [-0.15, -0.1) is 0 Å². The summed E-state index contributed by atoms with van der Waals surface area (Å²) >= 11 is 0. The van der Waals surface area contributed by atoms with E-state index in [0.29, 0.717) is 28.0 Å². The largest absolute Gasteiger partial charge is 0.491 e. The van der Waals surface area contributed by atoms with Gasteiger partial charge in [-0.2, -0.15) is 0 Å². The smallest absolute Gasteiger partial charge is 0.329 e. The van der Waals surface area contributed by atoms with Crippen LogP contribution in [0, 0.1) is 11.8 Å². The maximum absolute atomic E-state index is 16.3. The summed E-state index contributed by atoms with van der Waals surface area (Å²) in [5, 5.41) is 26.7. The van der Waals surface area contributed by atoms with E-state index in [-0.39, 0.29) is 31.0 Å². The van der Waals surface area contributed by atoms with Crippen molar-refractivity contribution in [2.45, 2.75) is 55.6 Å². The number of aliphatic hydroxyl groups is 2. The molecule has 0 bridgehead atoms. The average Bonchev–Trinajstić information content (AvgIpc) is 3.78. The first-order valence-electron chi connectivity index (χ1n) is 21.3. The third-order valence-electron chi connectivity index (χ3n) is 12.4. The van der Waals surface area contributed by atoms with E-state index in [4.69, 9.17) is 14.2 Å². The van der Waals surface area contributed by atoms with Gasteiger partial charge >= 0.3 is 18.0 Å². The van der Waals surface area contributed by atoms with E-state index in [1.165, 1.54) is 7.11 Å². The number of anilines is 1. The van der Waals surface area contributed by atoms with Gasteiger partial charge in [-0.3, -0.25) is 19.3 Å². The van der Waals surface area contributed by atoms with Crippen LogP contribution >= 0.6 is 0 Å². The number of para-hydroxylation sites is 1. The van der Waals surface area contributed by atoms with Crippen LogP contribution in [0.4, 0.5) is 10.5 Å². The summed E-state index contributed by atoms with van der Waals surface area (Å²) in [6.07, 6.45) is -2.10. The normalized spacial score (nSPS) is 23.5. The molecule has 330 valence electrons. The molecule has 4 N–H and O–H groups in total. The van der Waals surface area contributed by atoms with Crippen molar-refractivity contribution in [3.8, 4) is 5.75 Å². The monoisotopic (exact) mass is 866 g/mol. The topological polar surface area (TPSA) is 184 Å². The SMILES string of the molecule is COC(=O)[C@@H](NC(=O)N1C(=O)[C@@]2(c3ccccc31)[C@H](C(=O)NC[C@H](O)c1ccccc1)[C@H]1C(=O)O[C@H](c3ccccc3)[C@H](c3ccccc3)N1[C@@H]2c1cccc(OCCO)c1)C(C)C. The van der Waals surface area contributed by atoms with Gasteiger partial charge in [0.05, 0.1) is 43.5 Å². The summed E-state index contributed by atoms with van der Waals surface area (Å²) in [5.74, 6) is -4.77. The van der Waals surface area contributed by atoms with Crippen LogP contribution in [0.1, 0.15) is 66.0 Å². The number of nitrogens with one attached hydrogen (secondary N) is 2. The number of aliphatic hydroxyl groups excluding tert-OH is 2. The molecule has 0 aliphatic carbocycles. The van der Waals surface area contributed by atoms with Crippen molar-refractivity contribution < 1.29 is 48.4 Å². The van der Waals surface area contributed by atoms with E-state index in [9.17, 15) is 19.8 Å². The van der Waals surface area contributed by atoms with E-state index in [1.54, 1.807) is 92.7 Å². The number of morpholine rings is 1. The standard InChI is InChI=1S/C50H50N4O10/c1-30(2)40(46(58)62-3)52-49(61)53-37-25-14-13-24-36(37)50(48(53)60)39(45(57)51-29-38(56)31-16-7-4-8-17-31)42-47(59)64-43(33-20-11-6-12-21-33)41(32-18-9-5-10-19-32)54(42)44(50)34-22-15-23-35(28-34)63-27-26-55/h4-25,28,30,38-44,55-56H,26-27,29H2,1-3H3,(H,51,57)(H,52,61)/t38-,39-,40-,41-,42-,43+,44+,50-/m0/s1. The molecule has 0 aromatic heterocycles. The number of amides is 4. The van der Waals surface area contributed by atoms with Gasteiger partial charge in [-0.25, -0.2) is 14.5 Å². The molecule has 2 fully saturated rings. The second-order valence-corrected chi connectivity index (χ2v) is 16.4. The molecule has 64 heavy (non-hydrogen) atoms. The van der Waals surface area contributed by atoms with Crippen molar-refractivity contribution in [3.05, 3.63) is 167 Å². The second kappa shape index (κ2) is 18.5. The fourth-order valence-electron chi connectivity index (χ4n) is 9.72. The Morgan fingerprint density at radius 2 is 1.42 bits per heavy atom. The lowest BCUT2D eigenvalue weighted by molar-refractivity contribution is -0.178. The maximum atomic E-state index is 16.3. The summed E-state index contributed by atoms with van der Waals surface area (Å²) in [4.78, 5) is 77.6. The van der Waals surface area contributed by atoms with Crippen molar-refractivity contribution in [1.82, 2.24) is 15.5 Å². The molecule has 0 radical (unpaired) electrons. The zero-order valence-electron chi connectivity index (χ0n) is 35.6. The Morgan fingerprint density at radius 1 is 0.797 bits per heavy atom. The van der Waals surface area contributed by atoms with Crippen LogP contribution in [0.2, 0.25) is 0 Å². The number of carbonyl (C=O) groups is 5. The van der Waals surface area contributed by atoms with Gasteiger partial charge < -0.3 is 35.1 Å². The average molecular weight is 867 g/mol. The fraction of sp³-hybridized carbons (Fsp3) is 0.300. The van der Waals surface area contributed by atoms with E-state index in [0.717, 1.165) is 4.90 Å². The quantitative estimate of drug-likeness (QED) is 0.110. The summed E-state index contributed by atoms with van der Waals surface area (Å²) in [5.41, 5.74) is 0.723. The van der Waals surface area contributed by atoms with Gasteiger partial charge in [0.15, 0.2) is 0 Å². The first-order valence-corrected chi connectivity index (χ1v) is 21.3. The molecule has 14 nitrogen and oxygen atoms in total. The molecule has 5 aromatic carbocycles. The summed E-state index contributed by atoms with van der Waals surface area (Å²) < 4.78 is 17.4. The third kappa shape index (κ3) is 7.67. The van der Waals surface area contributed by atoms with Crippen molar-refractivity contribution in [1.29, 1.82) is 0 Å². The number of carbonyl (C=O) groups excluding carboxylic acids is 5. The summed E-state index contributed by atoms with van der Waals surface area (Å²) in [6.45, 7) is 2.85. The summed E-state index contributed by atoms with van der Waals surface area (Å²) in [6, 6.07) is 35.3. The molecule has 14 heteroatoms. The predicted octanol–water partition coefficient (Wildman–Crippen LogP) is 5.48. The van der Waals surface area contributed by atoms with E-state index in [2.05, 4.69) is 10.6 Å². The van der Waals surface area contributed by atoms with E-state index < -0.39 is 83.4 Å². The molecule has 3 aliphatic rings. The molecule has 5 aromatic rings. The number of fused-ring (bicyclic) bond motifs is 3. The van der Waals surface area contributed by atoms with Crippen molar-refractivity contribution in [2.75, 3.05) is 31.8 Å². The molecule has 8 atom stereocenters. The number of ether oxygens (including phenoxy) is 3. The molecule has 3 aliphatic heterocycles. The van der Waals surface area contributed by atoms with Crippen LogP contribution in [0.15, 0.2) is 140 Å². The van der Waals surface area contributed by atoms with Crippen LogP contribution in [-0.4, -0.2) is 83.8 Å². The first-order chi connectivity index (χ1) is 31.0. The van der Waals surface area contributed by atoms with E-state index >= 15 is 14.4 Å². The van der Waals surface area contributed by atoms with Crippen molar-refractivity contribution in [3.63, 3.8) is 0 Å². The molecule has 8 rings (SSSR count). The number of cyclic esters (lactones) is 1. The Labute approximate surface area is 370 Å². The Balaban J connectivity index is 1.40. The zero-order chi connectivity index (χ0) is 45.1.